The maximum absolute atomic E-state index is 13.1. The summed E-state index contributed by atoms with van der Waals surface area (Å²) >= 11 is 1.64. The molecule has 1 saturated heterocycles. The van der Waals surface area contributed by atoms with E-state index in [0.29, 0.717) is 32.5 Å². The molecule has 8 heteroatoms. The Morgan fingerprint density at radius 1 is 0.975 bits per heavy atom. The summed E-state index contributed by atoms with van der Waals surface area (Å²) in [6, 6.07) is 20.6. The molecule has 0 bridgehead atoms. The molecule has 1 aliphatic heterocycles. The Kier molecular flexibility index (Phi) is 11.2. The molecule has 1 fully saturated rings. The van der Waals surface area contributed by atoms with E-state index in [1.165, 1.54) is 5.56 Å². The third kappa shape index (κ3) is 7.74. The fourth-order valence-corrected chi connectivity index (χ4v) is 6.28. The van der Waals surface area contributed by atoms with E-state index in [0.717, 1.165) is 54.5 Å². The Labute approximate surface area is 243 Å². The van der Waals surface area contributed by atoms with Crippen LogP contribution in [0.3, 0.4) is 0 Å². The molecule has 1 aliphatic rings. The van der Waals surface area contributed by atoms with Crippen LogP contribution in [0.2, 0.25) is 0 Å². The fraction of sp³-hybridized carbons (Fsp3) is 0.500. The first-order valence-corrected chi connectivity index (χ1v) is 15.7. The molecular formula is C32H43N5O2S. The second-order valence-electron chi connectivity index (χ2n) is 10.7. The average molecular weight is 562 g/mol. The smallest absolute Gasteiger partial charge is 0.226 e. The summed E-state index contributed by atoms with van der Waals surface area (Å²) in [5.74, 6) is 2.23. The number of nitrogens with zero attached hydrogens (tertiary/aromatic N) is 5. The van der Waals surface area contributed by atoms with Crippen LogP contribution >= 0.6 is 11.8 Å². The summed E-state index contributed by atoms with van der Waals surface area (Å²) in [5, 5.41) is 9.88. The predicted molar refractivity (Wildman–Crippen MR) is 162 cm³/mol. The first-order valence-electron chi connectivity index (χ1n) is 14.8. The van der Waals surface area contributed by atoms with Crippen LogP contribution in [0.1, 0.15) is 70.7 Å². The Balaban J connectivity index is 1.30. The van der Waals surface area contributed by atoms with Crippen LogP contribution in [0, 0.1) is 5.92 Å². The fourth-order valence-electron chi connectivity index (χ4n) is 5.37. The van der Waals surface area contributed by atoms with Crippen molar-refractivity contribution in [3.05, 3.63) is 72.1 Å². The van der Waals surface area contributed by atoms with Gasteiger partial charge >= 0.3 is 0 Å². The van der Waals surface area contributed by atoms with E-state index in [-0.39, 0.29) is 23.8 Å². The highest BCUT2D eigenvalue weighted by molar-refractivity contribution is 7.99. The third-order valence-electron chi connectivity index (χ3n) is 7.70. The molecule has 0 spiro atoms. The van der Waals surface area contributed by atoms with Crippen LogP contribution in [0.25, 0.3) is 5.69 Å². The van der Waals surface area contributed by atoms with E-state index >= 15 is 0 Å². The third-order valence-corrected chi connectivity index (χ3v) is 8.71. The van der Waals surface area contributed by atoms with Gasteiger partial charge in [0, 0.05) is 55.9 Å². The zero-order chi connectivity index (χ0) is 28.3. The number of benzene rings is 2. The van der Waals surface area contributed by atoms with Gasteiger partial charge < -0.3 is 9.80 Å². The SMILES string of the molecule is CCCCC(CC)C(=O)N1CCN(C(=O)CCCSc2nnc(Cc3ccccc3)n2-c2ccccc2)CC1C. The van der Waals surface area contributed by atoms with Gasteiger partial charge in [-0.15, -0.1) is 10.2 Å². The maximum Gasteiger partial charge on any atom is 0.226 e. The molecule has 7 nitrogen and oxygen atoms in total. The summed E-state index contributed by atoms with van der Waals surface area (Å²) in [7, 11) is 0. The number of rotatable bonds is 13. The van der Waals surface area contributed by atoms with Gasteiger partial charge in [0.25, 0.3) is 0 Å². The maximum atomic E-state index is 13.1. The number of amides is 2. The van der Waals surface area contributed by atoms with Crippen molar-refractivity contribution in [3.63, 3.8) is 0 Å². The highest BCUT2D eigenvalue weighted by Gasteiger charge is 2.32. The number of piperazine rings is 1. The molecular weight excluding hydrogens is 518 g/mol. The van der Waals surface area contributed by atoms with Gasteiger partial charge in [-0.3, -0.25) is 14.2 Å². The molecule has 40 heavy (non-hydrogen) atoms. The Morgan fingerprint density at radius 3 is 2.38 bits per heavy atom. The minimum Gasteiger partial charge on any atom is -0.339 e. The Morgan fingerprint density at radius 2 is 1.70 bits per heavy atom. The second kappa shape index (κ2) is 15.0. The first-order chi connectivity index (χ1) is 19.5. The topological polar surface area (TPSA) is 71.3 Å². The van der Waals surface area contributed by atoms with Crippen molar-refractivity contribution in [2.45, 2.75) is 76.9 Å². The number of hydrogen-bond acceptors (Lipinski definition) is 5. The molecule has 2 heterocycles. The van der Waals surface area contributed by atoms with Gasteiger partial charge in [-0.1, -0.05) is 87.0 Å². The Hall–Kier alpha value is -3.13. The molecule has 1 aromatic heterocycles. The van der Waals surface area contributed by atoms with Crippen molar-refractivity contribution in [2.24, 2.45) is 5.92 Å². The van der Waals surface area contributed by atoms with Crippen molar-refractivity contribution >= 4 is 23.6 Å². The van der Waals surface area contributed by atoms with Crippen LogP contribution in [0.5, 0.6) is 0 Å². The van der Waals surface area contributed by atoms with Gasteiger partial charge in [0.15, 0.2) is 5.16 Å². The van der Waals surface area contributed by atoms with Gasteiger partial charge in [-0.2, -0.15) is 0 Å². The number of para-hydroxylation sites is 1. The quantitative estimate of drug-likeness (QED) is 0.189. The van der Waals surface area contributed by atoms with Crippen LogP contribution in [-0.2, 0) is 16.0 Å². The number of aromatic nitrogens is 3. The summed E-state index contributed by atoms with van der Waals surface area (Å²) < 4.78 is 2.13. The van der Waals surface area contributed by atoms with E-state index in [2.05, 4.69) is 59.8 Å². The lowest BCUT2D eigenvalue weighted by atomic mass is 9.96. The molecule has 3 aromatic rings. The molecule has 2 aromatic carbocycles. The Bertz CT molecular complexity index is 1220. The minimum absolute atomic E-state index is 0.0581. The molecule has 2 atom stereocenters. The summed E-state index contributed by atoms with van der Waals surface area (Å²) in [4.78, 5) is 30.1. The lowest BCUT2D eigenvalue weighted by molar-refractivity contribution is -0.145. The minimum atomic E-state index is 0.0581. The zero-order valence-electron chi connectivity index (χ0n) is 24.2. The van der Waals surface area contributed by atoms with E-state index < -0.39 is 0 Å². The van der Waals surface area contributed by atoms with E-state index in [9.17, 15) is 9.59 Å². The highest BCUT2D eigenvalue weighted by Crippen LogP contribution is 2.25. The number of carbonyl (C=O) groups is 2. The average Bonchev–Trinajstić information content (AvgIpc) is 3.38. The van der Waals surface area contributed by atoms with Crippen molar-refractivity contribution in [1.82, 2.24) is 24.6 Å². The molecule has 0 aliphatic carbocycles. The standard InChI is InChI=1S/C32H43N5O2S/c1-4-6-16-27(5-2)31(39)36-21-20-35(24-25(36)3)30(38)19-13-22-40-32-34-33-29(23-26-14-9-7-10-15-26)37(32)28-17-11-8-12-18-28/h7-12,14-15,17-18,25,27H,4-6,13,16,19-24H2,1-3H3. The lowest BCUT2D eigenvalue weighted by Gasteiger charge is -2.41. The molecule has 4 rings (SSSR count). The number of hydrogen-bond donors (Lipinski definition) is 0. The number of unbranched alkanes of at least 4 members (excludes halogenated alkanes) is 1. The molecule has 0 N–H and O–H groups in total. The summed E-state index contributed by atoms with van der Waals surface area (Å²) in [6.45, 7) is 8.22. The molecule has 0 saturated carbocycles. The van der Waals surface area contributed by atoms with Gasteiger partial charge in [0.1, 0.15) is 5.82 Å². The second-order valence-corrected chi connectivity index (χ2v) is 11.7. The molecule has 214 valence electrons. The summed E-state index contributed by atoms with van der Waals surface area (Å²) in [6.07, 6.45) is 6.01. The van der Waals surface area contributed by atoms with E-state index in [1.54, 1.807) is 11.8 Å². The van der Waals surface area contributed by atoms with Gasteiger partial charge in [-0.25, -0.2) is 0 Å². The molecule has 2 amide bonds. The number of carbonyl (C=O) groups excluding carboxylic acids is 2. The van der Waals surface area contributed by atoms with E-state index in [1.807, 2.05) is 46.2 Å². The summed E-state index contributed by atoms with van der Waals surface area (Å²) in [5.41, 5.74) is 2.23. The number of thioether (sulfide) groups is 1. The monoisotopic (exact) mass is 561 g/mol. The lowest BCUT2D eigenvalue weighted by Crippen LogP contribution is -2.56. The van der Waals surface area contributed by atoms with Gasteiger partial charge in [0.2, 0.25) is 11.8 Å². The van der Waals surface area contributed by atoms with Crippen molar-refractivity contribution in [1.29, 1.82) is 0 Å². The molecule has 2 unspecified atom stereocenters. The predicted octanol–water partition coefficient (Wildman–Crippen LogP) is 6.01. The van der Waals surface area contributed by atoms with Gasteiger partial charge in [-0.05, 0) is 43.9 Å². The molecule has 0 radical (unpaired) electrons. The normalized spacial score (nSPS) is 16.2. The van der Waals surface area contributed by atoms with Crippen molar-refractivity contribution in [2.75, 3.05) is 25.4 Å². The van der Waals surface area contributed by atoms with Crippen LogP contribution in [0.15, 0.2) is 65.8 Å². The highest BCUT2D eigenvalue weighted by atomic mass is 32.2. The van der Waals surface area contributed by atoms with Crippen LogP contribution < -0.4 is 0 Å². The zero-order valence-corrected chi connectivity index (χ0v) is 25.0. The van der Waals surface area contributed by atoms with Crippen LogP contribution in [-0.4, -0.2) is 67.8 Å². The van der Waals surface area contributed by atoms with Gasteiger partial charge in [0.05, 0.1) is 0 Å². The van der Waals surface area contributed by atoms with Crippen LogP contribution in [0.4, 0.5) is 0 Å². The van der Waals surface area contributed by atoms with Crippen molar-refractivity contribution < 1.29 is 9.59 Å². The largest absolute Gasteiger partial charge is 0.339 e. The van der Waals surface area contributed by atoms with Crippen molar-refractivity contribution in [3.8, 4) is 5.69 Å². The first kappa shape index (κ1) is 29.8. The van der Waals surface area contributed by atoms with E-state index in [4.69, 9.17) is 0 Å².